The molecule has 5 amide bonds. The molecule has 3 N–H and O–H groups in total. The zero-order chi connectivity index (χ0) is 38.9. The Hall–Kier alpha value is -4.99. The summed E-state index contributed by atoms with van der Waals surface area (Å²) in [6, 6.07) is 9.36. The number of methoxy groups -OCH3 is 1. The molecule has 3 fully saturated rings. The Morgan fingerprint density at radius 3 is 2.53 bits per heavy atom. The van der Waals surface area contributed by atoms with E-state index in [0.29, 0.717) is 48.1 Å². The highest BCUT2D eigenvalue weighted by Gasteiger charge is 2.62. The lowest BCUT2D eigenvalue weighted by Gasteiger charge is -2.30. The van der Waals surface area contributed by atoms with Gasteiger partial charge in [-0.1, -0.05) is 49.3 Å². The fourth-order valence-corrected chi connectivity index (χ4v) is 9.11. The van der Waals surface area contributed by atoms with Crippen LogP contribution in [0.1, 0.15) is 74.5 Å². The molecule has 3 aliphatic heterocycles. The molecule has 2 unspecified atom stereocenters. The number of carbonyl (C=O) groups is 5. The molecular formula is C39H46FN5O9S. The van der Waals surface area contributed by atoms with E-state index in [1.807, 2.05) is 12.2 Å². The molecule has 3 heterocycles. The summed E-state index contributed by atoms with van der Waals surface area (Å²) in [5.41, 5.74) is 0.187. The molecule has 2 aliphatic carbocycles. The van der Waals surface area contributed by atoms with Crippen LogP contribution in [0.2, 0.25) is 0 Å². The molecule has 7 rings (SSSR count). The second-order valence-electron chi connectivity index (χ2n) is 15.1. The third-order valence-corrected chi connectivity index (χ3v) is 13.0. The first-order valence-corrected chi connectivity index (χ1v) is 20.4. The third-order valence-electron chi connectivity index (χ3n) is 11.2. The van der Waals surface area contributed by atoms with Crippen LogP contribution in [0.5, 0.6) is 5.75 Å². The van der Waals surface area contributed by atoms with Crippen LogP contribution in [0.15, 0.2) is 54.6 Å². The lowest BCUT2D eigenvalue weighted by Crippen LogP contribution is -2.58. The van der Waals surface area contributed by atoms with Gasteiger partial charge in [0.2, 0.25) is 27.7 Å². The molecule has 0 radical (unpaired) electrons. The van der Waals surface area contributed by atoms with Crippen molar-refractivity contribution in [2.24, 2.45) is 5.92 Å². The van der Waals surface area contributed by atoms with E-state index in [1.165, 1.54) is 15.9 Å². The Bertz CT molecular complexity index is 1990. The Morgan fingerprint density at radius 2 is 1.80 bits per heavy atom. The van der Waals surface area contributed by atoms with Gasteiger partial charge in [0.15, 0.2) is 0 Å². The molecule has 0 spiro atoms. The Labute approximate surface area is 319 Å². The van der Waals surface area contributed by atoms with Gasteiger partial charge in [0, 0.05) is 24.4 Å². The van der Waals surface area contributed by atoms with Crippen molar-refractivity contribution in [1.82, 2.24) is 25.2 Å². The number of hydrogen-bond donors (Lipinski definition) is 3. The van der Waals surface area contributed by atoms with Gasteiger partial charge < -0.3 is 25.0 Å². The molecule has 2 aromatic rings. The summed E-state index contributed by atoms with van der Waals surface area (Å²) in [5.74, 6) is -2.78. The highest BCUT2D eigenvalue weighted by molar-refractivity contribution is 7.91. The maximum absolute atomic E-state index is 14.5. The van der Waals surface area contributed by atoms with Crippen LogP contribution in [0.25, 0.3) is 0 Å². The van der Waals surface area contributed by atoms with Crippen molar-refractivity contribution >= 4 is 39.7 Å². The van der Waals surface area contributed by atoms with E-state index < -0.39 is 80.5 Å². The standard InChI is InChI=1S/C39H46FN5O9S/c1-53-27-14-12-24(13-15-27)18-34(46)41-32-11-6-4-2-3-5-9-26-20-39(26,37(49)43-55(51,52)29-16-17-29)42-35(47)33-19-28(22-45(33)36(32)48)54-38(50)44-21-25-8-7-10-31(40)30(25)23-44/h5,7-10,12-15,26,28-29,32-33H,2-4,6,11,16-23H2,1H3,(H,41,46)(H,42,47)(H,43,49)/b9-5-/t26?,28-,32+,33?,39-/m1/s1. The lowest BCUT2D eigenvalue weighted by atomic mass is 10.0. The Morgan fingerprint density at radius 1 is 1.02 bits per heavy atom. The van der Waals surface area contributed by atoms with Crippen molar-refractivity contribution in [3.8, 4) is 5.75 Å². The number of hydrogen-bond acceptors (Lipinski definition) is 9. The number of rotatable bonds is 8. The first kappa shape index (κ1) is 38.3. The smallest absolute Gasteiger partial charge is 0.410 e. The van der Waals surface area contributed by atoms with Crippen molar-refractivity contribution < 1.29 is 46.3 Å². The normalized spacial score (nSPS) is 27.3. The first-order valence-electron chi connectivity index (χ1n) is 18.9. The number of nitrogens with zero attached hydrogens (tertiary/aromatic N) is 2. The summed E-state index contributed by atoms with van der Waals surface area (Å²) in [6.45, 7) is -0.0518. The number of amides is 5. The van der Waals surface area contributed by atoms with Gasteiger partial charge in [-0.2, -0.15) is 0 Å². The van der Waals surface area contributed by atoms with Crippen molar-refractivity contribution in [2.45, 2.75) is 106 Å². The molecule has 2 aromatic carbocycles. The number of sulfonamides is 1. The number of halogens is 1. The van der Waals surface area contributed by atoms with Gasteiger partial charge >= 0.3 is 6.09 Å². The van der Waals surface area contributed by atoms with Crippen LogP contribution in [-0.2, 0) is 53.4 Å². The number of carbonyl (C=O) groups excluding carboxylic acids is 5. The van der Waals surface area contributed by atoms with E-state index in [9.17, 15) is 36.8 Å². The molecule has 55 heavy (non-hydrogen) atoms. The van der Waals surface area contributed by atoms with Crippen molar-refractivity contribution in [1.29, 1.82) is 0 Å². The summed E-state index contributed by atoms with van der Waals surface area (Å²) in [6.07, 6.45) is 6.02. The van der Waals surface area contributed by atoms with E-state index in [1.54, 1.807) is 43.5 Å². The van der Waals surface area contributed by atoms with Crippen LogP contribution >= 0.6 is 0 Å². The fraction of sp³-hybridized carbons (Fsp3) is 0.513. The van der Waals surface area contributed by atoms with Crippen LogP contribution in [0, 0.1) is 11.7 Å². The SMILES string of the molecule is COc1ccc(CC(=O)N[C@H]2CCCCC/C=C\C3C[C@@]3(C(=O)NS(=O)(=O)C3CC3)NC(=O)C3C[C@@H](OC(=O)N4Cc5cccc(F)c5C4)CN3C2=O)cc1. The van der Waals surface area contributed by atoms with Crippen LogP contribution in [0.3, 0.4) is 0 Å². The van der Waals surface area contributed by atoms with Gasteiger partial charge in [0.25, 0.3) is 5.91 Å². The third kappa shape index (κ3) is 8.48. The number of allylic oxidation sites excluding steroid dienone is 1. The van der Waals surface area contributed by atoms with Gasteiger partial charge in [0.05, 0.1) is 31.9 Å². The average molecular weight is 780 g/mol. The number of fused-ring (bicyclic) bond motifs is 3. The summed E-state index contributed by atoms with van der Waals surface area (Å²) in [4.78, 5) is 71.8. The van der Waals surface area contributed by atoms with Gasteiger partial charge in [-0.3, -0.25) is 28.8 Å². The molecule has 0 aromatic heterocycles. The molecule has 1 saturated heterocycles. The van der Waals surface area contributed by atoms with Crippen LogP contribution < -0.4 is 20.1 Å². The monoisotopic (exact) mass is 779 g/mol. The zero-order valence-electron chi connectivity index (χ0n) is 30.6. The van der Waals surface area contributed by atoms with Crippen LogP contribution in [0.4, 0.5) is 9.18 Å². The maximum atomic E-state index is 14.5. The summed E-state index contributed by atoms with van der Waals surface area (Å²) in [7, 11) is -2.38. The van der Waals surface area contributed by atoms with Crippen molar-refractivity contribution in [2.75, 3.05) is 13.7 Å². The fourth-order valence-electron chi connectivity index (χ4n) is 7.75. The lowest BCUT2D eigenvalue weighted by molar-refractivity contribution is -0.142. The van der Waals surface area contributed by atoms with Gasteiger partial charge in [-0.25, -0.2) is 17.6 Å². The van der Waals surface area contributed by atoms with E-state index in [2.05, 4.69) is 15.4 Å². The molecule has 5 aliphatic rings. The predicted octanol–water partition coefficient (Wildman–Crippen LogP) is 2.99. The van der Waals surface area contributed by atoms with Gasteiger partial charge in [0.1, 0.15) is 35.3 Å². The quantitative estimate of drug-likeness (QED) is 0.340. The summed E-state index contributed by atoms with van der Waals surface area (Å²) < 4.78 is 53.3. The second kappa shape index (κ2) is 15.6. The van der Waals surface area contributed by atoms with E-state index >= 15 is 0 Å². The predicted molar refractivity (Wildman–Crippen MR) is 196 cm³/mol. The molecular weight excluding hydrogens is 734 g/mol. The second-order valence-corrected chi connectivity index (χ2v) is 17.1. The molecule has 294 valence electrons. The molecule has 0 bridgehead atoms. The van der Waals surface area contributed by atoms with Crippen LogP contribution in [-0.4, -0.2) is 90.6 Å². The van der Waals surface area contributed by atoms with Gasteiger partial charge in [-0.05, 0) is 67.9 Å². The molecule has 14 nitrogen and oxygen atoms in total. The first-order chi connectivity index (χ1) is 26.4. The maximum Gasteiger partial charge on any atom is 0.410 e. The van der Waals surface area contributed by atoms with E-state index in [-0.39, 0.29) is 45.3 Å². The molecule has 5 atom stereocenters. The number of ether oxygens (including phenoxy) is 2. The summed E-state index contributed by atoms with van der Waals surface area (Å²) in [5, 5.41) is 5.02. The molecule has 16 heteroatoms. The van der Waals surface area contributed by atoms with Gasteiger partial charge in [-0.15, -0.1) is 0 Å². The largest absolute Gasteiger partial charge is 0.497 e. The highest BCUT2D eigenvalue weighted by Crippen LogP contribution is 2.46. The summed E-state index contributed by atoms with van der Waals surface area (Å²) >= 11 is 0. The van der Waals surface area contributed by atoms with E-state index in [4.69, 9.17) is 9.47 Å². The molecule has 2 saturated carbocycles. The van der Waals surface area contributed by atoms with Crippen molar-refractivity contribution in [3.63, 3.8) is 0 Å². The topological polar surface area (TPSA) is 181 Å². The highest BCUT2D eigenvalue weighted by atomic mass is 32.2. The van der Waals surface area contributed by atoms with E-state index in [0.717, 1.165) is 12.8 Å². The Balaban J connectivity index is 1.13. The van der Waals surface area contributed by atoms with Crippen molar-refractivity contribution in [3.05, 3.63) is 77.1 Å². The Kier molecular flexibility index (Phi) is 10.9. The minimum Gasteiger partial charge on any atom is -0.497 e. The zero-order valence-corrected chi connectivity index (χ0v) is 31.4. The minimum absolute atomic E-state index is 0.00127. The minimum atomic E-state index is -3.93. The average Bonchev–Trinajstić information content (AvgIpc) is 4.04. The number of nitrogens with one attached hydrogen (secondary N) is 3. The number of benzene rings is 2.